The van der Waals surface area contributed by atoms with E-state index in [0.29, 0.717) is 19.1 Å². The van der Waals surface area contributed by atoms with Crippen LogP contribution in [0.3, 0.4) is 0 Å². The van der Waals surface area contributed by atoms with E-state index in [1.807, 2.05) is 0 Å². The van der Waals surface area contributed by atoms with Crippen molar-refractivity contribution in [2.75, 3.05) is 7.11 Å². The highest BCUT2D eigenvalue weighted by Crippen LogP contribution is 2.45. The second-order valence-corrected chi connectivity index (χ2v) is 15.1. The third-order valence-electron chi connectivity index (χ3n) is 9.77. The minimum Gasteiger partial charge on any atom is -0.744 e. The van der Waals surface area contributed by atoms with Gasteiger partial charge in [-0.1, -0.05) is 24.3 Å². The van der Waals surface area contributed by atoms with Crippen molar-refractivity contribution in [2.24, 2.45) is 0 Å². The van der Waals surface area contributed by atoms with Crippen LogP contribution in [0.5, 0.6) is 40.2 Å². The van der Waals surface area contributed by atoms with Gasteiger partial charge in [0.2, 0.25) is 52.2 Å². The van der Waals surface area contributed by atoms with E-state index in [0.717, 1.165) is 61.7 Å². The lowest BCUT2D eigenvalue weighted by Crippen LogP contribution is -2.10. The smallest absolute Gasteiger partial charge is 0.205 e. The zero-order valence-corrected chi connectivity index (χ0v) is 34.0. The molecule has 0 radical (unpaired) electrons. The Morgan fingerprint density at radius 3 is 0.956 bits per heavy atom. The molecule has 0 unspecified atom stereocenters. The first kappa shape index (κ1) is 48.5. The molecule has 0 heterocycles. The third kappa shape index (κ3) is 8.22. The molecule has 0 saturated heterocycles. The fraction of sp³-hybridized carbons (Fsp3) is 0.0455. The molecule has 0 fully saturated rings. The van der Waals surface area contributed by atoms with Crippen LogP contribution in [0, 0.1) is 100.0 Å². The van der Waals surface area contributed by atoms with Gasteiger partial charge in [-0.2, -0.15) is 26.3 Å². The average molecular weight is 994 g/mol. The molecule has 0 aliphatic carbocycles. The largest absolute Gasteiger partial charge is 0.744 e. The van der Waals surface area contributed by atoms with E-state index < -0.39 is 170 Å². The van der Waals surface area contributed by atoms with Crippen LogP contribution in [0.25, 0.3) is 33.4 Å². The summed E-state index contributed by atoms with van der Waals surface area (Å²) >= 11 is 0. The lowest BCUT2D eigenvalue weighted by atomic mass is 9.99. The number of benzene rings is 7. The van der Waals surface area contributed by atoms with Gasteiger partial charge in [-0.15, -0.1) is 0 Å². The summed E-state index contributed by atoms with van der Waals surface area (Å²) in [6, 6.07) is 10.4. The van der Waals surface area contributed by atoms with Crippen LogP contribution in [-0.4, -0.2) is 20.1 Å². The van der Waals surface area contributed by atoms with Crippen LogP contribution in [0.4, 0.5) is 70.2 Å². The van der Waals surface area contributed by atoms with Crippen molar-refractivity contribution in [1.82, 2.24) is 0 Å². The Morgan fingerprint density at radius 2 is 0.662 bits per heavy atom. The predicted octanol–water partition coefficient (Wildman–Crippen LogP) is 13.5. The molecular formula is C44H17F16O7S-. The molecule has 24 heteroatoms. The lowest BCUT2D eigenvalue weighted by molar-refractivity contribution is 0.355. The van der Waals surface area contributed by atoms with Gasteiger partial charge >= 0.3 is 0 Å². The Hall–Kier alpha value is -7.47. The highest BCUT2D eigenvalue weighted by molar-refractivity contribution is 7.85. The summed E-state index contributed by atoms with van der Waals surface area (Å²) in [5, 5.41) is 0. The van der Waals surface area contributed by atoms with Gasteiger partial charge < -0.3 is 23.5 Å². The Labute approximate surface area is 369 Å². The molecule has 0 saturated carbocycles. The van der Waals surface area contributed by atoms with E-state index in [-0.39, 0.29) is 16.9 Å². The van der Waals surface area contributed by atoms with Gasteiger partial charge in [0, 0.05) is 11.6 Å². The van der Waals surface area contributed by atoms with Crippen molar-refractivity contribution in [3.63, 3.8) is 0 Å². The Kier molecular flexibility index (Phi) is 12.8. The fourth-order valence-corrected chi connectivity index (χ4v) is 7.01. The van der Waals surface area contributed by atoms with Crippen molar-refractivity contribution < 1.29 is 102 Å². The van der Waals surface area contributed by atoms with Crippen LogP contribution in [-0.2, 0) is 10.1 Å². The third-order valence-corrected chi connectivity index (χ3v) is 10.6. The summed E-state index contributed by atoms with van der Waals surface area (Å²) in [7, 11) is -4.50. The second kappa shape index (κ2) is 18.0. The summed E-state index contributed by atoms with van der Waals surface area (Å²) in [4.78, 5) is -1.34. The molecule has 354 valence electrons. The predicted molar refractivity (Wildman–Crippen MR) is 201 cm³/mol. The molecule has 0 N–H and O–H groups in total. The van der Waals surface area contributed by atoms with Gasteiger partial charge in [0.25, 0.3) is 0 Å². The Balaban J connectivity index is 1.13. The maximum Gasteiger partial charge on any atom is 0.205 e. The van der Waals surface area contributed by atoms with Crippen LogP contribution in [0.2, 0.25) is 0 Å². The van der Waals surface area contributed by atoms with Gasteiger partial charge in [-0.25, -0.2) is 52.3 Å². The first-order valence-electron chi connectivity index (χ1n) is 18.2. The van der Waals surface area contributed by atoms with E-state index in [2.05, 4.69) is 4.74 Å². The lowest BCUT2D eigenvalue weighted by Gasteiger charge is -2.18. The number of hydrogen-bond donors (Lipinski definition) is 0. The van der Waals surface area contributed by atoms with Crippen molar-refractivity contribution in [1.29, 1.82) is 0 Å². The molecule has 7 rings (SSSR count). The summed E-state index contributed by atoms with van der Waals surface area (Å²) in [5.74, 6) is -47.9. The molecule has 7 aromatic rings. The normalized spacial score (nSPS) is 11.6. The molecule has 0 aliphatic rings. The molecule has 7 aromatic carbocycles. The molecule has 0 bridgehead atoms. The summed E-state index contributed by atoms with van der Waals surface area (Å²) in [5.41, 5.74) is -9.73. The monoisotopic (exact) mass is 993 g/mol. The van der Waals surface area contributed by atoms with Crippen LogP contribution < -0.4 is 18.9 Å². The zero-order valence-electron chi connectivity index (χ0n) is 33.2. The van der Waals surface area contributed by atoms with E-state index >= 15 is 52.7 Å². The Bertz CT molecular complexity index is 3240. The first-order valence-corrected chi connectivity index (χ1v) is 19.6. The number of methoxy groups -OCH3 is 1. The zero-order chi connectivity index (χ0) is 50.0. The number of halogens is 16. The highest BCUT2D eigenvalue weighted by atomic mass is 32.2. The highest BCUT2D eigenvalue weighted by Gasteiger charge is 2.37. The van der Waals surface area contributed by atoms with Gasteiger partial charge in [0.05, 0.1) is 29.4 Å². The fourth-order valence-electron chi connectivity index (χ4n) is 6.39. The van der Waals surface area contributed by atoms with Crippen molar-refractivity contribution in [3.8, 4) is 73.6 Å². The van der Waals surface area contributed by atoms with E-state index in [4.69, 9.17) is 14.2 Å². The maximum absolute atomic E-state index is 15.4. The van der Waals surface area contributed by atoms with Gasteiger partial charge in [-0.3, -0.25) is 0 Å². The quantitative estimate of drug-likeness (QED) is 0.0724. The molecule has 0 aromatic heterocycles. The van der Waals surface area contributed by atoms with E-state index in [1.54, 1.807) is 0 Å². The summed E-state index contributed by atoms with van der Waals surface area (Å²) in [6.07, 6.45) is 0. The second-order valence-electron chi connectivity index (χ2n) is 13.8. The van der Waals surface area contributed by atoms with Gasteiger partial charge in [0.1, 0.15) is 38.0 Å². The first-order chi connectivity index (χ1) is 31.9. The molecule has 0 atom stereocenters. The molecule has 7 nitrogen and oxygen atoms in total. The molecule has 0 spiro atoms. The van der Waals surface area contributed by atoms with Crippen LogP contribution in [0.1, 0.15) is 5.56 Å². The van der Waals surface area contributed by atoms with Gasteiger partial charge in [0.15, 0.2) is 58.2 Å². The molecule has 0 amide bonds. The minimum atomic E-state index is -5.52. The Morgan fingerprint density at radius 1 is 0.382 bits per heavy atom. The van der Waals surface area contributed by atoms with Crippen molar-refractivity contribution in [2.45, 2.75) is 11.8 Å². The molecule has 68 heavy (non-hydrogen) atoms. The van der Waals surface area contributed by atoms with Crippen molar-refractivity contribution in [3.05, 3.63) is 165 Å². The molecular weight excluding hydrogens is 977 g/mol. The topological polar surface area (TPSA) is 94.1 Å². The number of ether oxygens (including phenoxy) is 4. The summed E-state index contributed by atoms with van der Waals surface area (Å²) in [6.45, 7) is 0.582. The maximum atomic E-state index is 15.4. The van der Waals surface area contributed by atoms with Crippen LogP contribution in [0.15, 0.2) is 71.6 Å². The minimum absolute atomic E-state index is 0.179. The SMILES string of the molecule is COc1ccc(Oc2c(F)c(F)c(-c3c(F)c(F)c(Oc4ccc(-c5ccc(Oc6c(F)c(F)c(-c7c(F)c(F)c(C)c(F)c7F)c(F)c6F)cc5)cc4)c(F)c3F)c(F)c2F)c(S(=O)(=O)[O-])c1. The standard InChI is InChI=1S/C44H18F16O7S/c1-14-26(45)28(47)22(29(48)27(14)46)23-30(49)36(55)42(37(56)31(23)50)65-17-7-3-15(4-8-17)16-5-9-18(10-6-16)66-43-38(57)32(51)24(33(52)39(43)58)25-34(53)40(59)44(41(60)35(25)54)67-20-12-11-19(64-2)13-21(20)68(61,62)63/h3-13H,1-2H3,(H,61,62,63)/p-1. The summed E-state index contributed by atoms with van der Waals surface area (Å²) < 4.78 is 294. The van der Waals surface area contributed by atoms with Crippen LogP contribution >= 0.6 is 0 Å². The molecule has 0 aliphatic heterocycles. The number of rotatable bonds is 11. The van der Waals surface area contributed by atoms with Crippen molar-refractivity contribution >= 4 is 10.1 Å². The van der Waals surface area contributed by atoms with E-state index in [1.165, 1.54) is 0 Å². The number of hydrogen-bond acceptors (Lipinski definition) is 7. The van der Waals surface area contributed by atoms with E-state index in [9.17, 15) is 30.5 Å². The van der Waals surface area contributed by atoms with Gasteiger partial charge in [-0.05, 0) is 54.4 Å². The average Bonchev–Trinajstić information content (AvgIpc) is 3.32.